The van der Waals surface area contributed by atoms with Gasteiger partial charge in [0.15, 0.2) is 0 Å². The van der Waals surface area contributed by atoms with Gasteiger partial charge in [-0.3, -0.25) is 4.79 Å². The number of hydrogen-bond donors (Lipinski definition) is 2. The van der Waals surface area contributed by atoms with Gasteiger partial charge in [0.2, 0.25) is 0 Å². The van der Waals surface area contributed by atoms with Crippen molar-refractivity contribution in [2.24, 2.45) is 5.92 Å². The number of rotatable bonds is 2. The number of aromatic amines is 1. The highest BCUT2D eigenvalue weighted by molar-refractivity contribution is 5.71. The Morgan fingerprint density at radius 2 is 1.95 bits per heavy atom. The normalized spacial score (nSPS) is 18.0. The molecule has 0 saturated heterocycles. The molecule has 0 amide bonds. The summed E-state index contributed by atoms with van der Waals surface area (Å²) in [5, 5.41) is 9.05. The van der Waals surface area contributed by atoms with Gasteiger partial charge in [0.25, 0.3) is 0 Å². The van der Waals surface area contributed by atoms with Crippen LogP contribution in [0.4, 0.5) is 13.2 Å². The molecule has 0 spiro atoms. The average Bonchev–Trinajstić information content (AvgIpc) is 2.89. The van der Waals surface area contributed by atoms with Crippen LogP contribution in [0.1, 0.15) is 23.4 Å². The van der Waals surface area contributed by atoms with E-state index in [4.69, 9.17) is 5.11 Å². The number of carboxylic acids is 1. The van der Waals surface area contributed by atoms with Crippen LogP contribution < -0.4 is 0 Å². The SMILES string of the molecule is O=C(O)C1CCc2nc(-c3ccc(C(F)(F)F)cc3)[nH]c2C1. The molecular weight excluding hydrogens is 297 g/mol. The summed E-state index contributed by atoms with van der Waals surface area (Å²) in [5.74, 6) is -0.797. The van der Waals surface area contributed by atoms with Gasteiger partial charge in [-0.05, 0) is 25.0 Å². The number of hydrogen-bond acceptors (Lipinski definition) is 2. The van der Waals surface area contributed by atoms with Gasteiger partial charge in [0.1, 0.15) is 5.82 Å². The Morgan fingerprint density at radius 3 is 2.55 bits per heavy atom. The van der Waals surface area contributed by atoms with Gasteiger partial charge in [-0.25, -0.2) is 4.98 Å². The van der Waals surface area contributed by atoms with Gasteiger partial charge >= 0.3 is 12.1 Å². The highest BCUT2D eigenvalue weighted by atomic mass is 19.4. The van der Waals surface area contributed by atoms with Crippen molar-refractivity contribution in [3.8, 4) is 11.4 Å². The molecule has 2 N–H and O–H groups in total. The minimum atomic E-state index is -4.37. The topological polar surface area (TPSA) is 66.0 Å². The van der Waals surface area contributed by atoms with Crippen molar-refractivity contribution in [2.45, 2.75) is 25.4 Å². The van der Waals surface area contributed by atoms with E-state index in [2.05, 4.69) is 9.97 Å². The Balaban J connectivity index is 1.87. The van der Waals surface area contributed by atoms with Crippen molar-refractivity contribution < 1.29 is 23.1 Å². The number of fused-ring (bicyclic) bond motifs is 1. The molecule has 1 aliphatic carbocycles. The number of nitrogens with zero attached hydrogens (tertiary/aromatic N) is 1. The number of imidazole rings is 1. The Bertz CT molecular complexity index is 705. The van der Waals surface area contributed by atoms with E-state index in [0.717, 1.165) is 23.5 Å². The monoisotopic (exact) mass is 310 g/mol. The second-order valence-electron chi connectivity index (χ2n) is 5.36. The van der Waals surface area contributed by atoms with Crippen molar-refractivity contribution in [1.82, 2.24) is 9.97 Å². The number of carbonyl (C=O) groups is 1. The van der Waals surface area contributed by atoms with E-state index < -0.39 is 23.6 Å². The van der Waals surface area contributed by atoms with Crippen molar-refractivity contribution in [3.63, 3.8) is 0 Å². The van der Waals surface area contributed by atoms with Crippen molar-refractivity contribution in [2.75, 3.05) is 0 Å². The molecule has 3 rings (SSSR count). The lowest BCUT2D eigenvalue weighted by Crippen LogP contribution is -2.22. The summed E-state index contributed by atoms with van der Waals surface area (Å²) in [6.07, 6.45) is -2.91. The predicted octanol–water partition coefficient (Wildman–Crippen LogP) is 3.29. The molecule has 0 bridgehead atoms. The zero-order valence-corrected chi connectivity index (χ0v) is 11.4. The number of benzene rings is 1. The fraction of sp³-hybridized carbons (Fsp3) is 0.333. The van der Waals surface area contributed by atoms with Crippen LogP contribution >= 0.6 is 0 Å². The Morgan fingerprint density at radius 1 is 1.27 bits per heavy atom. The Kier molecular flexibility index (Phi) is 3.42. The molecule has 0 fully saturated rings. The first-order chi connectivity index (χ1) is 10.3. The molecule has 0 radical (unpaired) electrons. The van der Waals surface area contributed by atoms with Crippen LogP contribution in [0.25, 0.3) is 11.4 Å². The fourth-order valence-electron chi connectivity index (χ4n) is 2.65. The van der Waals surface area contributed by atoms with Gasteiger partial charge in [0, 0.05) is 17.7 Å². The summed E-state index contributed by atoms with van der Waals surface area (Å²) in [6, 6.07) is 4.75. The molecule has 0 saturated carbocycles. The van der Waals surface area contributed by atoms with Crippen LogP contribution in [0.15, 0.2) is 24.3 Å². The second kappa shape index (κ2) is 5.15. The number of alkyl halides is 3. The number of carboxylic acid groups (broad SMARTS) is 1. The van der Waals surface area contributed by atoms with Gasteiger partial charge < -0.3 is 10.1 Å². The summed E-state index contributed by atoms with van der Waals surface area (Å²) in [6.45, 7) is 0. The van der Waals surface area contributed by atoms with Crippen LogP contribution in [0.5, 0.6) is 0 Å². The molecule has 0 aliphatic heterocycles. The minimum absolute atomic E-state index is 0.373. The zero-order valence-electron chi connectivity index (χ0n) is 11.4. The smallest absolute Gasteiger partial charge is 0.416 e. The molecular formula is C15H13F3N2O2. The molecule has 1 atom stereocenters. The van der Waals surface area contributed by atoms with Gasteiger partial charge in [-0.15, -0.1) is 0 Å². The third kappa shape index (κ3) is 2.70. The van der Waals surface area contributed by atoms with Crippen molar-refractivity contribution in [1.29, 1.82) is 0 Å². The van der Waals surface area contributed by atoms with Crippen molar-refractivity contribution >= 4 is 5.97 Å². The molecule has 1 heterocycles. The summed E-state index contributed by atoms with van der Waals surface area (Å²) < 4.78 is 37.6. The second-order valence-corrected chi connectivity index (χ2v) is 5.36. The molecule has 116 valence electrons. The number of aryl methyl sites for hydroxylation is 1. The molecule has 1 aromatic carbocycles. The standard InChI is InChI=1S/C15H13F3N2O2/c16-15(17,18)10-4-1-8(2-5-10)13-19-11-6-3-9(14(21)22)7-12(11)20-13/h1-2,4-5,9H,3,6-7H2,(H,19,20)(H,21,22). The number of aromatic nitrogens is 2. The van der Waals surface area contributed by atoms with Crippen molar-refractivity contribution in [3.05, 3.63) is 41.2 Å². The van der Waals surface area contributed by atoms with Gasteiger partial charge in [-0.1, -0.05) is 12.1 Å². The van der Waals surface area contributed by atoms with Crippen LogP contribution in [-0.2, 0) is 23.8 Å². The lowest BCUT2D eigenvalue weighted by molar-refractivity contribution is -0.142. The summed E-state index contributed by atoms with van der Waals surface area (Å²) >= 11 is 0. The number of H-pyrrole nitrogens is 1. The average molecular weight is 310 g/mol. The van der Waals surface area contributed by atoms with E-state index >= 15 is 0 Å². The Labute approximate surface area is 124 Å². The third-order valence-electron chi connectivity index (χ3n) is 3.88. The zero-order chi connectivity index (χ0) is 15.9. The van der Waals surface area contributed by atoms with E-state index in [-0.39, 0.29) is 0 Å². The largest absolute Gasteiger partial charge is 0.481 e. The first-order valence-electron chi connectivity index (χ1n) is 6.83. The number of nitrogens with one attached hydrogen (secondary N) is 1. The van der Waals surface area contributed by atoms with E-state index in [9.17, 15) is 18.0 Å². The highest BCUT2D eigenvalue weighted by Crippen LogP contribution is 2.31. The van der Waals surface area contributed by atoms with E-state index in [1.54, 1.807) is 0 Å². The number of aliphatic carboxylic acids is 1. The quantitative estimate of drug-likeness (QED) is 0.894. The van der Waals surface area contributed by atoms with Crippen LogP contribution in [0, 0.1) is 5.92 Å². The lowest BCUT2D eigenvalue weighted by Gasteiger charge is -2.16. The summed E-state index contributed by atoms with van der Waals surface area (Å²) in [4.78, 5) is 18.4. The van der Waals surface area contributed by atoms with Crippen LogP contribution in [0.3, 0.4) is 0 Å². The maximum atomic E-state index is 12.5. The molecule has 7 heteroatoms. The third-order valence-corrected chi connectivity index (χ3v) is 3.88. The maximum Gasteiger partial charge on any atom is 0.416 e. The molecule has 1 aliphatic rings. The molecule has 4 nitrogen and oxygen atoms in total. The summed E-state index contributed by atoms with van der Waals surface area (Å²) in [5.41, 5.74) is 1.40. The fourth-order valence-corrected chi connectivity index (χ4v) is 2.65. The first kappa shape index (κ1) is 14.6. The predicted molar refractivity (Wildman–Crippen MR) is 72.2 cm³/mol. The minimum Gasteiger partial charge on any atom is -0.481 e. The van der Waals surface area contributed by atoms with E-state index in [1.165, 1.54) is 12.1 Å². The Hall–Kier alpha value is -2.31. The first-order valence-corrected chi connectivity index (χ1v) is 6.83. The molecule has 1 unspecified atom stereocenters. The van der Waals surface area contributed by atoms with Crippen LogP contribution in [-0.4, -0.2) is 21.0 Å². The summed E-state index contributed by atoms with van der Waals surface area (Å²) in [7, 11) is 0. The molecule has 2 aromatic rings. The number of halogens is 3. The molecule has 22 heavy (non-hydrogen) atoms. The molecule has 1 aromatic heterocycles. The van der Waals surface area contributed by atoms with Gasteiger partial charge in [0.05, 0.1) is 17.2 Å². The van der Waals surface area contributed by atoms with E-state index in [1.807, 2.05) is 0 Å². The maximum absolute atomic E-state index is 12.5. The lowest BCUT2D eigenvalue weighted by atomic mass is 9.90. The van der Waals surface area contributed by atoms with E-state index in [0.29, 0.717) is 30.7 Å². The van der Waals surface area contributed by atoms with Gasteiger partial charge in [-0.2, -0.15) is 13.2 Å². The van der Waals surface area contributed by atoms with Crippen LogP contribution in [0.2, 0.25) is 0 Å². The highest BCUT2D eigenvalue weighted by Gasteiger charge is 2.30.